The van der Waals surface area contributed by atoms with Crippen LogP contribution in [0.5, 0.6) is 0 Å². The van der Waals surface area contributed by atoms with E-state index in [0.717, 1.165) is 12.1 Å². The number of carbonyl (C=O) groups excluding carboxylic acids is 1. The Kier molecular flexibility index (Phi) is 5.17. The second-order valence-corrected chi connectivity index (χ2v) is 8.25. The van der Waals surface area contributed by atoms with Crippen LogP contribution < -0.4 is 9.44 Å². The molecule has 0 aliphatic rings. The fraction of sp³-hybridized carbons (Fsp3) is 0. The topological polar surface area (TPSA) is 109 Å². The third kappa shape index (κ3) is 4.28. The van der Waals surface area contributed by atoms with E-state index in [2.05, 4.69) is 11.9 Å². The Morgan fingerprint density at radius 3 is 2.08 bits per heavy atom. The Hall–Kier alpha value is -2.49. The minimum atomic E-state index is -4.35. The van der Waals surface area contributed by atoms with Crippen LogP contribution in [0.4, 0.5) is 5.69 Å². The van der Waals surface area contributed by atoms with E-state index in [0.29, 0.717) is 0 Å². The molecule has 0 unspecified atom stereocenters. The van der Waals surface area contributed by atoms with Crippen LogP contribution in [0.15, 0.2) is 77.0 Å². The molecule has 0 atom stereocenters. The monoisotopic (exact) mass is 366 g/mol. The fourth-order valence-corrected chi connectivity index (χ4v) is 4.76. The number of anilines is 1. The normalized spacial score (nSPS) is 11.7. The number of carbonyl (C=O) groups is 1. The van der Waals surface area contributed by atoms with Gasteiger partial charge in [-0.1, -0.05) is 30.8 Å². The Balaban J connectivity index is 2.33. The Morgan fingerprint density at radius 1 is 0.875 bits per heavy atom. The summed E-state index contributed by atoms with van der Waals surface area (Å²) in [6.45, 7) is 3.29. The number of hydrogen-bond acceptors (Lipinski definition) is 5. The summed E-state index contributed by atoms with van der Waals surface area (Å²) < 4.78 is 50.6. The van der Waals surface area contributed by atoms with Gasteiger partial charge in [-0.05, 0) is 36.4 Å². The van der Waals surface area contributed by atoms with Crippen molar-refractivity contribution in [3.8, 4) is 0 Å². The lowest BCUT2D eigenvalue weighted by molar-refractivity contribution is -0.111. The quantitative estimate of drug-likeness (QED) is 0.753. The molecule has 0 heterocycles. The van der Waals surface area contributed by atoms with Gasteiger partial charge in [-0.2, -0.15) is 0 Å². The predicted molar refractivity (Wildman–Crippen MR) is 89.2 cm³/mol. The molecule has 0 aliphatic carbocycles. The van der Waals surface area contributed by atoms with Gasteiger partial charge in [0.05, 0.1) is 9.79 Å². The number of rotatable bonds is 6. The molecular weight excluding hydrogens is 352 g/mol. The first-order valence-electron chi connectivity index (χ1n) is 6.62. The minimum absolute atomic E-state index is 0.176. The zero-order chi connectivity index (χ0) is 17.8. The van der Waals surface area contributed by atoms with Gasteiger partial charge in [0.2, 0.25) is 5.91 Å². The van der Waals surface area contributed by atoms with Crippen LogP contribution in [-0.2, 0) is 24.8 Å². The van der Waals surface area contributed by atoms with Gasteiger partial charge < -0.3 is 5.32 Å². The molecule has 0 aliphatic heterocycles. The summed E-state index contributed by atoms with van der Waals surface area (Å²) in [6.07, 6.45) is 1.03. The average molecular weight is 366 g/mol. The molecule has 2 aromatic rings. The van der Waals surface area contributed by atoms with E-state index in [1.54, 1.807) is 10.2 Å². The third-order valence-corrected chi connectivity index (χ3v) is 6.39. The Labute approximate surface area is 140 Å². The van der Waals surface area contributed by atoms with E-state index in [1.165, 1.54) is 42.5 Å². The van der Waals surface area contributed by atoms with Gasteiger partial charge in [-0.25, -0.2) is 16.8 Å². The molecule has 24 heavy (non-hydrogen) atoms. The van der Waals surface area contributed by atoms with Gasteiger partial charge >= 0.3 is 0 Å². The van der Waals surface area contributed by atoms with Crippen molar-refractivity contribution in [1.29, 1.82) is 0 Å². The van der Waals surface area contributed by atoms with E-state index in [-0.39, 0.29) is 15.5 Å². The van der Waals surface area contributed by atoms with Crippen LogP contribution in [0.1, 0.15) is 0 Å². The van der Waals surface area contributed by atoms with E-state index in [1.807, 2.05) is 0 Å². The lowest BCUT2D eigenvalue weighted by Gasteiger charge is -2.09. The third-order valence-electron chi connectivity index (χ3n) is 2.87. The second-order valence-electron chi connectivity index (χ2n) is 4.62. The SMILES string of the molecule is C=CC(=O)Nc1cccc(S(=O)(=O)NS(=O)(=O)c2ccccc2)c1. The maximum atomic E-state index is 12.3. The average Bonchev–Trinajstić information content (AvgIpc) is 2.55. The molecule has 0 saturated heterocycles. The van der Waals surface area contributed by atoms with E-state index >= 15 is 0 Å². The lowest BCUT2D eigenvalue weighted by Crippen LogP contribution is -2.30. The van der Waals surface area contributed by atoms with Crippen LogP contribution >= 0.6 is 0 Å². The first-order valence-corrected chi connectivity index (χ1v) is 9.58. The molecule has 0 bridgehead atoms. The van der Waals surface area contributed by atoms with Gasteiger partial charge in [0.15, 0.2) is 0 Å². The lowest BCUT2D eigenvalue weighted by atomic mass is 10.3. The molecule has 9 heteroatoms. The molecule has 126 valence electrons. The molecule has 2 aromatic carbocycles. The number of amides is 1. The summed E-state index contributed by atoms with van der Waals surface area (Å²) in [4.78, 5) is 10.8. The number of nitrogens with one attached hydrogen (secondary N) is 2. The molecule has 2 N–H and O–H groups in total. The molecule has 0 aromatic heterocycles. The fourth-order valence-electron chi connectivity index (χ4n) is 1.77. The highest BCUT2D eigenvalue weighted by atomic mass is 32.3. The number of sulfonamides is 2. The molecule has 0 saturated carbocycles. The first-order chi connectivity index (χ1) is 11.2. The zero-order valence-corrected chi connectivity index (χ0v) is 14.0. The highest BCUT2D eigenvalue weighted by Crippen LogP contribution is 2.17. The summed E-state index contributed by atoms with van der Waals surface area (Å²) in [5.41, 5.74) is 0.194. The highest BCUT2D eigenvalue weighted by molar-refractivity contribution is 8.04. The van der Waals surface area contributed by atoms with Gasteiger partial charge in [-0.15, -0.1) is 4.13 Å². The van der Waals surface area contributed by atoms with Crippen LogP contribution in [0.25, 0.3) is 0 Å². The van der Waals surface area contributed by atoms with Crippen molar-refractivity contribution in [2.75, 3.05) is 5.32 Å². The van der Waals surface area contributed by atoms with Crippen molar-refractivity contribution in [2.45, 2.75) is 9.79 Å². The molecule has 0 fully saturated rings. The van der Waals surface area contributed by atoms with E-state index < -0.39 is 26.0 Å². The first kappa shape index (κ1) is 17.9. The van der Waals surface area contributed by atoms with Crippen LogP contribution in [0.3, 0.4) is 0 Å². The van der Waals surface area contributed by atoms with Crippen LogP contribution in [-0.4, -0.2) is 22.7 Å². The summed E-state index contributed by atoms with van der Waals surface area (Å²) >= 11 is 0. The summed E-state index contributed by atoms with van der Waals surface area (Å²) in [5, 5.41) is 2.40. The Bertz CT molecular complexity index is 968. The zero-order valence-electron chi connectivity index (χ0n) is 12.3. The van der Waals surface area contributed by atoms with Crippen molar-refractivity contribution in [1.82, 2.24) is 4.13 Å². The van der Waals surface area contributed by atoms with E-state index in [9.17, 15) is 21.6 Å². The minimum Gasteiger partial charge on any atom is -0.322 e. The van der Waals surface area contributed by atoms with Gasteiger partial charge in [0.1, 0.15) is 0 Å². The highest BCUT2D eigenvalue weighted by Gasteiger charge is 2.24. The predicted octanol–water partition coefficient (Wildman–Crippen LogP) is 1.48. The van der Waals surface area contributed by atoms with Gasteiger partial charge in [0.25, 0.3) is 20.0 Å². The number of hydrogen-bond donors (Lipinski definition) is 2. The summed E-state index contributed by atoms with van der Waals surface area (Å²) in [5.74, 6) is -0.519. The maximum Gasteiger partial charge on any atom is 0.253 e. The van der Waals surface area contributed by atoms with E-state index in [4.69, 9.17) is 0 Å². The maximum absolute atomic E-state index is 12.3. The van der Waals surface area contributed by atoms with Crippen molar-refractivity contribution in [2.24, 2.45) is 0 Å². The molecule has 2 rings (SSSR count). The van der Waals surface area contributed by atoms with Crippen molar-refractivity contribution in [3.63, 3.8) is 0 Å². The second kappa shape index (κ2) is 6.95. The number of benzene rings is 2. The van der Waals surface area contributed by atoms with Crippen LogP contribution in [0.2, 0.25) is 0 Å². The Morgan fingerprint density at radius 2 is 1.46 bits per heavy atom. The molecule has 7 nitrogen and oxygen atoms in total. The largest absolute Gasteiger partial charge is 0.322 e. The standard InChI is InChI=1S/C15H14N2O5S2/c1-2-15(18)16-12-7-6-10-14(11-12)24(21,22)17-23(19,20)13-8-4-3-5-9-13/h2-11,17H,1H2,(H,16,18). The summed E-state index contributed by atoms with van der Waals surface area (Å²) in [7, 11) is -8.59. The van der Waals surface area contributed by atoms with Crippen molar-refractivity contribution < 1.29 is 21.6 Å². The molecular formula is C15H14N2O5S2. The molecule has 0 radical (unpaired) electrons. The van der Waals surface area contributed by atoms with Crippen molar-refractivity contribution in [3.05, 3.63) is 67.3 Å². The smallest absolute Gasteiger partial charge is 0.253 e. The van der Waals surface area contributed by atoms with Crippen LogP contribution in [0, 0.1) is 0 Å². The molecule has 1 amide bonds. The van der Waals surface area contributed by atoms with Crippen molar-refractivity contribution >= 4 is 31.6 Å². The summed E-state index contributed by atoms with van der Waals surface area (Å²) in [6, 6.07) is 12.3. The molecule has 0 spiro atoms. The van der Waals surface area contributed by atoms with Gasteiger partial charge in [-0.3, -0.25) is 4.79 Å². The van der Waals surface area contributed by atoms with Gasteiger partial charge in [0, 0.05) is 5.69 Å².